The average Bonchev–Trinajstić information content (AvgIpc) is 2.25. The Kier molecular flexibility index (Phi) is 5.20. The zero-order valence-corrected chi connectivity index (χ0v) is 9.93. The van der Waals surface area contributed by atoms with Crippen molar-refractivity contribution in [2.75, 3.05) is 0 Å². The largest absolute Gasteiger partial charge is 0.276 e. The fraction of sp³-hybridized carbons (Fsp3) is 0. The molecule has 0 amide bonds. The van der Waals surface area contributed by atoms with E-state index in [-0.39, 0.29) is 11.1 Å². The SMILES string of the molecule is NOOSc1cc(C(=O)Cl)cc(C(=O)Cl)c1. The summed E-state index contributed by atoms with van der Waals surface area (Å²) in [7, 11) is 0. The third kappa shape index (κ3) is 3.75. The second-order valence-corrected chi connectivity index (χ2v) is 4.00. The zero-order chi connectivity index (χ0) is 12.1. The van der Waals surface area contributed by atoms with Crippen LogP contribution in [0.4, 0.5) is 0 Å². The summed E-state index contributed by atoms with van der Waals surface area (Å²) in [6, 6.07) is 4.09. The Morgan fingerprint density at radius 3 is 2.00 bits per heavy atom. The van der Waals surface area contributed by atoms with Gasteiger partial charge >= 0.3 is 0 Å². The Balaban J connectivity index is 3.08. The smallest absolute Gasteiger partial charge is 0.252 e. The maximum absolute atomic E-state index is 11.0. The lowest BCUT2D eigenvalue weighted by Crippen LogP contribution is -1.98. The van der Waals surface area contributed by atoms with Gasteiger partial charge in [-0.25, -0.2) is 0 Å². The van der Waals surface area contributed by atoms with Crippen LogP contribution >= 0.6 is 35.2 Å². The summed E-state index contributed by atoms with van der Waals surface area (Å²) >= 11 is 11.3. The molecule has 0 heterocycles. The summed E-state index contributed by atoms with van der Waals surface area (Å²) in [6.07, 6.45) is 0. The molecule has 16 heavy (non-hydrogen) atoms. The number of nitrogens with two attached hydrogens (primary N) is 1. The Morgan fingerprint density at radius 2 is 1.62 bits per heavy atom. The zero-order valence-electron chi connectivity index (χ0n) is 7.61. The third-order valence-electron chi connectivity index (χ3n) is 1.53. The van der Waals surface area contributed by atoms with Crippen LogP contribution in [0.25, 0.3) is 0 Å². The Hall–Kier alpha value is -0.630. The number of halogens is 2. The fourth-order valence-electron chi connectivity index (χ4n) is 0.933. The summed E-state index contributed by atoms with van der Waals surface area (Å²) in [4.78, 5) is 26.2. The first-order valence-corrected chi connectivity index (χ1v) is 5.29. The molecule has 0 aliphatic rings. The van der Waals surface area contributed by atoms with Crippen LogP contribution in [0.2, 0.25) is 0 Å². The lowest BCUT2D eigenvalue weighted by molar-refractivity contribution is -0.195. The first-order valence-electron chi connectivity index (χ1n) is 3.79. The molecule has 1 aromatic carbocycles. The number of hydrogen-bond acceptors (Lipinski definition) is 6. The van der Waals surface area contributed by atoms with Gasteiger partial charge in [0.15, 0.2) is 0 Å². The Labute approximate surface area is 105 Å². The van der Waals surface area contributed by atoms with E-state index in [0.29, 0.717) is 16.9 Å². The molecule has 0 atom stereocenters. The molecule has 2 N–H and O–H groups in total. The Morgan fingerprint density at radius 1 is 1.12 bits per heavy atom. The second kappa shape index (κ2) is 6.19. The second-order valence-electron chi connectivity index (χ2n) is 2.54. The van der Waals surface area contributed by atoms with Gasteiger partial charge in [0, 0.05) is 16.0 Å². The number of carbonyl (C=O) groups is 2. The quantitative estimate of drug-likeness (QED) is 0.386. The molecule has 0 spiro atoms. The molecule has 0 saturated heterocycles. The van der Waals surface area contributed by atoms with Crippen LogP contribution < -0.4 is 5.90 Å². The normalized spacial score (nSPS) is 10.2. The third-order valence-corrected chi connectivity index (χ3v) is 2.54. The van der Waals surface area contributed by atoms with Gasteiger partial charge in [0.1, 0.15) is 0 Å². The van der Waals surface area contributed by atoms with E-state index in [2.05, 4.69) is 15.2 Å². The van der Waals surface area contributed by atoms with Crippen LogP contribution in [0, 0.1) is 0 Å². The van der Waals surface area contributed by atoms with Crippen molar-refractivity contribution < 1.29 is 18.9 Å². The van der Waals surface area contributed by atoms with E-state index in [1.54, 1.807) is 0 Å². The van der Waals surface area contributed by atoms with Crippen molar-refractivity contribution in [2.24, 2.45) is 5.90 Å². The van der Waals surface area contributed by atoms with Crippen LogP contribution in [0.1, 0.15) is 20.7 Å². The molecule has 8 heteroatoms. The van der Waals surface area contributed by atoms with Crippen molar-refractivity contribution >= 4 is 45.7 Å². The molecule has 0 bridgehead atoms. The molecule has 0 aromatic heterocycles. The number of hydrogen-bond donors (Lipinski definition) is 1. The number of carbonyl (C=O) groups excluding carboxylic acids is 2. The number of rotatable bonds is 5. The van der Waals surface area contributed by atoms with Crippen LogP contribution in [0.15, 0.2) is 23.1 Å². The van der Waals surface area contributed by atoms with Gasteiger partial charge in [0.2, 0.25) is 0 Å². The van der Waals surface area contributed by atoms with Gasteiger partial charge in [0.25, 0.3) is 10.5 Å². The highest BCUT2D eigenvalue weighted by Gasteiger charge is 2.11. The summed E-state index contributed by atoms with van der Waals surface area (Å²) in [5, 5.41) is -1.43. The summed E-state index contributed by atoms with van der Waals surface area (Å²) in [5.41, 5.74) is 0.243. The molecule has 0 saturated carbocycles. The van der Waals surface area contributed by atoms with E-state index < -0.39 is 10.5 Å². The molecule has 5 nitrogen and oxygen atoms in total. The van der Waals surface area contributed by atoms with Crippen molar-refractivity contribution in [3.8, 4) is 0 Å². The summed E-state index contributed by atoms with van der Waals surface area (Å²) in [5.74, 6) is 4.64. The minimum atomic E-state index is -0.713. The molecule has 86 valence electrons. The van der Waals surface area contributed by atoms with Gasteiger partial charge in [-0.2, -0.15) is 5.90 Å². The molecule has 0 radical (unpaired) electrons. The molecule has 0 fully saturated rings. The fourth-order valence-corrected chi connectivity index (χ4v) is 1.62. The predicted molar refractivity (Wildman–Crippen MR) is 59.0 cm³/mol. The van der Waals surface area contributed by atoms with Crippen molar-refractivity contribution in [1.29, 1.82) is 0 Å². The molecule has 0 aliphatic heterocycles. The van der Waals surface area contributed by atoms with E-state index in [9.17, 15) is 9.59 Å². The highest BCUT2D eigenvalue weighted by molar-refractivity contribution is 7.94. The van der Waals surface area contributed by atoms with Gasteiger partial charge in [-0.05, 0) is 41.4 Å². The molecular formula is C8H5Cl2NO4S. The van der Waals surface area contributed by atoms with Crippen LogP contribution in [-0.2, 0) is 9.32 Å². The van der Waals surface area contributed by atoms with Crippen molar-refractivity contribution in [3.05, 3.63) is 29.3 Å². The molecule has 0 unspecified atom stereocenters. The van der Waals surface area contributed by atoms with Gasteiger partial charge in [-0.15, -0.1) is 9.32 Å². The van der Waals surface area contributed by atoms with Crippen molar-refractivity contribution in [2.45, 2.75) is 4.90 Å². The lowest BCUT2D eigenvalue weighted by Gasteiger charge is -2.03. The highest BCUT2D eigenvalue weighted by atomic mass is 35.5. The molecule has 1 rings (SSSR count). The van der Waals surface area contributed by atoms with Crippen LogP contribution in [-0.4, -0.2) is 10.5 Å². The van der Waals surface area contributed by atoms with E-state index in [0.717, 1.165) is 0 Å². The topological polar surface area (TPSA) is 78.6 Å². The highest BCUT2D eigenvalue weighted by Crippen LogP contribution is 2.24. The van der Waals surface area contributed by atoms with E-state index in [4.69, 9.17) is 23.2 Å². The van der Waals surface area contributed by atoms with Crippen molar-refractivity contribution in [1.82, 2.24) is 0 Å². The molecule has 0 aliphatic carbocycles. The average molecular weight is 282 g/mol. The summed E-state index contributed by atoms with van der Waals surface area (Å²) in [6.45, 7) is 0. The van der Waals surface area contributed by atoms with E-state index >= 15 is 0 Å². The van der Waals surface area contributed by atoms with Gasteiger partial charge in [-0.1, -0.05) is 0 Å². The first-order chi connectivity index (χ1) is 7.54. The van der Waals surface area contributed by atoms with Gasteiger partial charge in [0.05, 0.1) is 12.0 Å². The maximum atomic E-state index is 11.0. The molecule has 1 aromatic rings. The minimum Gasteiger partial charge on any atom is -0.276 e. The lowest BCUT2D eigenvalue weighted by atomic mass is 10.1. The van der Waals surface area contributed by atoms with Crippen LogP contribution in [0.5, 0.6) is 0 Å². The maximum Gasteiger partial charge on any atom is 0.252 e. The molecular weight excluding hydrogens is 277 g/mol. The predicted octanol–water partition coefficient (Wildman–Crippen LogP) is 2.27. The van der Waals surface area contributed by atoms with Crippen LogP contribution in [0.3, 0.4) is 0 Å². The van der Waals surface area contributed by atoms with Crippen molar-refractivity contribution in [3.63, 3.8) is 0 Å². The number of benzene rings is 1. The Bertz CT molecular complexity index is 394. The minimum absolute atomic E-state index is 0.122. The summed E-state index contributed by atoms with van der Waals surface area (Å²) < 4.78 is 4.37. The van der Waals surface area contributed by atoms with Gasteiger partial charge < -0.3 is 0 Å². The van der Waals surface area contributed by atoms with Gasteiger partial charge in [-0.3, -0.25) is 9.59 Å². The standard InChI is InChI=1S/C8H5Cl2NO4S/c9-7(12)4-1-5(8(10)13)3-6(2-4)16-15-14-11/h1-3H,11H2. The van der Waals surface area contributed by atoms with E-state index in [1.165, 1.54) is 18.2 Å². The van der Waals surface area contributed by atoms with E-state index in [1.807, 2.05) is 0 Å². The first kappa shape index (κ1) is 13.4. The monoisotopic (exact) mass is 281 g/mol.